The molecular weight excluding hydrogens is 319 g/mol. The van der Waals surface area contributed by atoms with Gasteiger partial charge < -0.3 is 4.90 Å². The van der Waals surface area contributed by atoms with Gasteiger partial charge in [-0.1, -0.05) is 18.2 Å². The van der Waals surface area contributed by atoms with Gasteiger partial charge in [0, 0.05) is 12.1 Å². The molecule has 1 N–H and O–H groups in total. The predicted octanol–water partition coefficient (Wildman–Crippen LogP) is 3.29. The third-order valence-electron chi connectivity index (χ3n) is 5.47. The molecule has 5 nitrogen and oxygen atoms in total. The molecule has 2 aromatic rings. The number of amides is 1. The minimum atomic E-state index is -0.248. The molecule has 2 unspecified atom stereocenters. The number of likely N-dealkylation sites (tertiary alicyclic amines) is 2. The standard InChI is InChI=1S/C19H23FN4O/c1-23-10-4-9-18(23)15-12-16(22-21-15)19(25)24-11-5-8-17(24)13-6-2-3-7-14(13)20/h2-3,6-7,12,17-18H,4-5,8-11H2,1H3,(H,21,22). The molecule has 4 rings (SSSR count). The summed E-state index contributed by atoms with van der Waals surface area (Å²) in [4.78, 5) is 17.0. The van der Waals surface area contributed by atoms with Crippen molar-refractivity contribution in [2.24, 2.45) is 0 Å². The van der Waals surface area contributed by atoms with Crippen molar-refractivity contribution in [3.63, 3.8) is 0 Å². The molecular formula is C19H23FN4O. The quantitative estimate of drug-likeness (QED) is 0.931. The maximum atomic E-state index is 14.2. The first kappa shape index (κ1) is 16.3. The Morgan fingerprint density at radius 3 is 2.72 bits per heavy atom. The van der Waals surface area contributed by atoms with Crippen molar-refractivity contribution in [3.05, 3.63) is 53.1 Å². The van der Waals surface area contributed by atoms with Gasteiger partial charge >= 0.3 is 0 Å². The Bertz CT molecular complexity index is 774. The second-order valence-corrected chi connectivity index (χ2v) is 7.03. The fourth-order valence-electron chi connectivity index (χ4n) is 4.15. The van der Waals surface area contributed by atoms with E-state index in [0.29, 0.717) is 23.8 Å². The van der Waals surface area contributed by atoms with Gasteiger partial charge in [-0.2, -0.15) is 5.10 Å². The normalized spacial score (nSPS) is 24.2. The molecule has 0 bridgehead atoms. The minimum absolute atomic E-state index is 0.117. The fourth-order valence-corrected chi connectivity index (χ4v) is 4.15. The molecule has 0 saturated carbocycles. The Balaban J connectivity index is 1.56. The molecule has 2 atom stereocenters. The SMILES string of the molecule is CN1CCCC1c1cc(C(=O)N2CCCC2c2ccccc2F)n[nH]1. The van der Waals surface area contributed by atoms with Crippen molar-refractivity contribution in [1.82, 2.24) is 20.0 Å². The molecule has 2 aliphatic heterocycles. The minimum Gasteiger partial charge on any atom is -0.330 e. The highest BCUT2D eigenvalue weighted by molar-refractivity contribution is 5.93. The first-order valence-electron chi connectivity index (χ1n) is 8.96. The lowest BCUT2D eigenvalue weighted by atomic mass is 10.0. The number of carbonyl (C=O) groups is 1. The van der Waals surface area contributed by atoms with E-state index in [-0.39, 0.29) is 17.8 Å². The van der Waals surface area contributed by atoms with E-state index >= 15 is 0 Å². The topological polar surface area (TPSA) is 52.2 Å². The molecule has 3 heterocycles. The molecule has 0 aliphatic carbocycles. The number of halogens is 1. The number of carbonyl (C=O) groups excluding carboxylic acids is 1. The second-order valence-electron chi connectivity index (χ2n) is 7.03. The third-order valence-corrected chi connectivity index (χ3v) is 5.47. The Morgan fingerprint density at radius 1 is 1.20 bits per heavy atom. The molecule has 0 radical (unpaired) electrons. The van der Waals surface area contributed by atoms with E-state index in [9.17, 15) is 9.18 Å². The van der Waals surface area contributed by atoms with Crippen molar-refractivity contribution in [1.29, 1.82) is 0 Å². The van der Waals surface area contributed by atoms with E-state index in [1.807, 2.05) is 12.1 Å². The highest BCUT2D eigenvalue weighted by Gasteiger charge is 2.34. The fraction of sp³-hybridized carbons (Fsp3) is 0.474. The van der Waals surface area contributed by atoms with Gasteiger partial charge in [0.05, 0.1) is 17.8 Å². The Kier molecular flexibility index (Phi) is 4.29. The molecule has 6 heteroatoms. The van der Waals surface area contributed by atoms with Crippen LogP contribution >= 0.6 is 0 Å². The van der Waals surface area contributed by atoms with Crippen molar-refractivity contribution >= 4 is 5.91 Å². The molecule has 25 heavy (non-hydrogen) atoms. The zero-order valence-electron chi connectivity index (χ0n) is 14.4. The number of aromatic amines is 1. The average molecular weight is 342 g/mol. The van der Waals surface area contributed by atoms with Crippen molar-refractivity contribution < 1.29 is 9.18 Å². The number of nitrogens with zero attached hydrogens (tertiary/aromatic N) is 3. The molecule has 1 aromatic carbocycles. The second kappa shape index (κ2) is 6.59. The lowest BCUT2D eigenvalue weighted by Crippen LogP contribution is -2.31. The van der Waals surface area contributed by atoms with Gasteiger partial charge in [0.2, 0.25) is 0 Å². The zero-order chi connectivity index (χ0) is 17.4. The lowest BCUT2D eigenvalue weighted by Gasteiger charge is -2.24. The van der Waals surface area contributed by atoms with Gasteiger partial charge in [0.1, 0.15) is 11.5 Å². The highest BCUT2D eigenvalue weighted by Crippen LogP contribution is 2.35. The van der Waals surface area contributed by atoms with Crippen LogP contribution in [0.1, 0.15) is 59.5 Å². The van der Waals surface area contributed by atoms with Crippen LogP contribution in [0.4, 0.5) is 4.39 Å². The van der Waals surface area contributed by atoms with Crippen molar-refractivity contribution in [2.45, 2.75) is 37.8 Å². The van der Waals surface area contributed by atoms with E-state index < -0.39 is 0 Å². The van der Waals surface area contributed by atoms with Crippen molar-refractivity contribution in [2.75, 3.05) is 20.1 Å². The first-order valence-corrected chi connectivity index (χ1v) is 8.96. The summed E-state index contributed by atoms with van der Waals surface area (Å²) < 4.78 is 14.2. The number of benzene rings is 1. The number of hydrogen-bond donors (Lipinski definition) is 1. The van der Waals surface area contributed by atoms with Crippen LogP contribution in [-0.2, 0) is 0 Å². The summed E-state index contributed by atoms with van der Waals surface area (Å²) in [5.41, 5.74) is 2.02. The molecule has 1 amide bonds. The molecule has 132 valence electrons. The van der Waals surface area contributed by atoms with Crippen LogP contribution < -0.4 is 0 Å². The van der Waals surface area contributed by atoms with E-state index in [1.165, 1.54) is 6.07 Å². The smallest absolute Gasteiger partial charge is 0.274 e. The summed E-state index contributed by atoms with van der Waals surface area (Å²) in [6.07, 6.45) is 3.90. The molecule has 2 fully saturated rings. The van der Waals surface area contributed by atoms with Gasteiger partial charge in [-0.05, 0) is 51.4 Å². The predicted molar refractivity (Wildman–Crippen MR) is 92.6 cm³/mol. The molecule has 0 spiro atoms. The van der Waals surface area contributed by atoms with Crippen LogP contribution in [0.3, 0.4) is 0 Å². The Morgan fingerprint density at radius 2 is 1.96 bits per heavy atom. The molecule has 2 aliphatic rings. The van der Waals surface area contributed by atoms with E-state index in [2.05, 4.69) is 22.1 Å². The number of H-pyrrole nitrogens is 1. The van der Waals surface area contributed by atoms with E-state index in [1.54, 1.807) is 17.0 Å². The zero-order valence-corrected chi connectivity index (χ0v) is 14.4. The van der Waals surface area contributed by atoms with Crippen LogP contribution in [0.25, 0.3) is 0 Å². The van der Waals surface area contributed by atoms with Gasteiger partial charge in [-0.25, -0.2) is 4.39 Å². The number of aromatic nitrogens is 2. The maximum Gasteiger partial charge on any atom is 0.274 e. The van der Waals surface area contributed by atoms with Crippen LogP contribution in [0.5, 0.6) is 0 Å². The summed E-state index contributed by atoms with van der Waals surface area (Å²) in [6.45, 7) is 1.71. The monoisotopic (exact) mass is 342 g/mol. The van der Waals surface area contributed by atoms with E-state index in [0.717, 1.165) is 37.9 Å². The van der Waals surface area contributed by atoms with Crippen LogP contribution in [0.2, 0.25) is 0 Å². The van der Waals surface area contributed by atoms with Gasteiger partial charge in [-0.3, -0.25) is 14.8 Å². The Hall–Kier alpha value is -2.21. The summed E-state index contributed by atoms with van der Waals surface area (Å²) in [5, 5.41) is 7.29. The van der Waals surface area contributed by atoms with E-state index in [4.69, 9.17) is 0 Å². The van der Waals surface area contributed by atoms with Crippen LogP contribution in [0, 0.1) is 5.82 Å². The Labute approximate surface area is 146 Å². The van der Waals surface area contributed by atoms with Crippen LogP contribution in [-0.4, -0.2) is 46.0 Å². The largest absolute Gasteiger partial charge is 0.330 e. The number of rotatable bonds is 3. The average Bonchev–Trinajstić information content (AvgIpc) is 3.34. The first-order chi connectivity index (χ1) is 12.1. The van der Waals surface area contributed by atoms with Gasteiger partial charge in [-0.15, -0.1) is 0 Å². The summed E-state index contributed by atoms with van der Waals surface area (Å²) in [6, 6.07) is 8.69. The number of nitrogens with one attached hydrogen (secondary N) is 1. The third kappa shape index (κ3) is 2.95. The number of hydrogen-bond acceptors (Lipinski definition) is 3. The lowest BCUT2D eigenvalue weighted by molar-refractivity contribution is 0.0727. The maximum absolute atomic E-state index is 14.2. The van der Waals surface area contributed by atoms with Gasteiger partial charge in [0.15, 0.2) is 0 Å². The molecule has 2 saturated heterocycles. The van der Waals surface area contributed by atoms with Crippen molar-refractivity contribution in [3.8, 4) is 0 Å². The summed E-state index contributed by atoms with van der Waals surface area (Å²) in [5.74, 6) is -0.364. The summed E-state index contributed by atoms with van der Waals surface area (Å²) >= 11 is 0. The molecule has 1 aromatic heterocycles. The summed E-state index contributed by atoms with van der Waals surface area (Å²) in [7, 11) is 2.09. The van der Waals surface area contributed by atoms with Gasteiger partial charge in [0.25, 0.3) is 5.91 Å². The highest BCUT2D eigenvalue weighted by atomic mass is 19.1. The van der Waals surface area contributed by atoms with Crippen LogP contribution in [0.15, 0.2) is 30.3 Å².